The predicted octanol–water partition coefficient (Wildman–Crippen LogP) is 12.3. The highest BCUT2D eigenvalue weighted by atomic mass is 32.1. The maximum absolute atomic E-state index is 15.2. The van der Waals surface area contributed by atoms with E-state index >= 15 is 4.57 Å². The Morgan fingerprint density at radius 3 is 1.71 bits per heavy atom. The number of hydrogen-bond acceptors (Lipinski definition) is 5. The van der Waals surface area contributed by atoms with Crippen LogP contribution in [0.25, 0.3) is 54.1 Å². The second-order valence-electron chi connectivity index (χ2n) is 15.1. The van der Waals surface area contributed by atoms with E-state index in [1.54, 1.807) is 11.3 Å². The molecule has 278 valence electrons. The summed E-state index contributed by atoms with van der Waals surface area (Å²) in [7, 11) is -3.15. The zero-order chi connectivity index (χ0) is 39.1. The number of aromatic nitrogens is 2. The normalized spacial score (nSPS) is 13.4. The summed E-state index contributed by atoms with van der Waals surface area (Å²) in [6.07, 6.45) is 0. The number of benzene rings is 8. The van der Waals surface area contributed by atoms with E-state index in [9.17, 15) is 0 Å². The van der Waals surface area contributed by atoms with Gasteiger partial charge in [-0.25, -0.2) is 9.97 Å². The van der Waals surface area contributed by atoms with Crippen LogP contribution in [0, 0.1) is 0 Å². The largest absolute Gasteiger partial charge is 0.457 e. The van der Waals surface area contributed by atoms with Crippen molar-refractivity contribution in [2.24, 2.45) is 0 Å². The monoisotopic (exact) mass is 792 g/mol. The zero-order valence-electron chi connectivity index (χ0n) is 31.6. The smallest absolute Gasteiger partial charge is 0.171 e. The molecule has 12 rings (SSSR count). The molecule has 2 aliphatic rings. The van der Waals surface area contributed by atoms with Gasteiger partial charge in [-0.05, 0) is 40.5 Å². The van der Waals surface area contributed by atoms with E-state index in [1.165, 1.54) is 22.3 Å². The maximum atomic E-state index is 15.2. The Kier molecular flexibility index (Phi) is 7.56. The maximum Gasteiger partial charge on any atom is 0.171 e. The molecule has 0 radical (unpaired) electrons. The minimum absolute atomic E-state index is 0.541. The highest BCUT2D eigenvalue weighted by Gasteiger charge is 2.51. The Morgan fingerprint density at radius 1 is 0.475 bits per heavy atom. The first-order chi connectivity index (χ1) is 29.1. The first-order valence-electron chi connectivity index (χ1n) is 19.8. The van der Waals surface area contributed by atoms with E-state index < -0.39 is 12.6 Å². The lowest BCUT2D eigenvalue weighted by molar-refractivity contribution is 0.436. The van der Waals surface area contributed by atoms with Gasteiger partial charge in [-0.3, -0.25) is 0 Å². The van der Waals surface area contributed by atoms with Gasteiger partial charge in [-0.2, -0.15) is 0 Å². The SMILES string of the molecule is O=P(c1ccccc1)(c1ccccc1)c1ccc(-c2nc(-c3ccc4c(c3)Oc3ccccc3C43c4ccccc4-c4ccccc43)c3sc4ccccc4c3n2)cc1. The Balaban J connectivity index is 1.04. The summed E-state index contributed by atoms with van der Waals surface area (Å²) in [5.41, 5.74) is 10.3. The highest BCUT2D eigenvalue weighted by Crippen LogP contribution is 2.62. The molecule has 1 aliphatic heterocycles. The van der Waals surface area contributed by atoms with Gasteiger partial charge < -0.3 is 9.30 Å². The molecule has 0 saturated carbocycles. The molecule has 3 heterocycles. The standard InChI is InChI=1S/C53H33N2O2PS/c56-58(36-15-3-1-4-16-36,37-17-5-2-6-18-37)38-30-27-34(28-31-38)52-54-49(51-50(55-52)41-21-9-14-26-48(41)59-51)35-29-32-45-47(33-35)57-46-25-13-12-24-44(46)53(45)42-22-10-7-19-39(42)40-20-8-11-23-43(40)53/h1-33H. The van der Waals surface area contributed by atoms with Gasteiger partial charge in [0.2, 0.25) is 0 Å². The van der Waals surface area contributed by atoms with E-state index in [0.717, 1.165) is 75.7 Å². The third-order valence-corrected chi connectivity index (χ3v) is 16.3. The fourth-order valence-electron chi connectivity index (χ4n) is 9.47. The summed E-state index contributed by atoms with van der Waals surface area (Å²) in [4.78, 5) is 10.6. The van der Waals surface area contributed by atoms with Crippen molar-refractivity contribution in [3.8, 4) is 45.3 Å². The van der Waals surface area contributed by atoms with E-state index in [0.29, 0.717) is 5.82 Å². The van der Waals surface area contributed by atoms with Crippen molar-refractivity contribution in [2.75, 3.05) is 0 Å². The molecule has 10 aromatic rings. The quantitative estimate of drug-likeness (QED) is 0.163. The molecule has 0 atom stereocenters. The Hall–Kier alpha value is -6.91. The van der Waals surface area contributed by atoms with E-state index in [-0.39, 0.29) is 0 Å². The van der Waals surface area contributed by atoms with Crippen LogP contribution in [-0.4, -0.2) is 9.97 Å². The van der Waals surface area contributed by atoms with Gasteiger partial charge in [-0.15, -0.1) is 11.3 Å². The van der Waals surface area contributed by atoms with Crippen molar-refractivity contribution in [1.29, 1.82) is 0 Å². The molecule has 0 amide bonds. The van der Waals surface area contributed by atoms with Crippen LogP contribution in [0.3, 0.4) is 0 Å². The molecule has 0 saturated heterocycles. The summed E-state index contributed by atoms with van der Waals surface area (Å²) in [6.45, 7) is 0. The molecule has 8 aromatic carbocycles. The molecule has 0 unspecified atom stereocenters. The molecule has 0 bridgehead atoms. The molecule has 6 heteroatoms. The van der Waals surface area contributed by atoms with Crippen LogP contribution in [0.1, 0.15) is 22.3 Å². The van der Waals surface area contributed by atoms with Gasteiger partial charge in [0.15, 0.2) is 13.0 Å². The van der Waals surface area contributed by atoms with Gasteiger partial charge in [0.1, 0.15) is 11.5 Å². The topological polar surface area (TPSA) is 52.1 Å². The fraction of sp³-hybridized carbons (Fsp3) is 0.0189. The molecule has 1 aliphatic carbocycles. The third-order valence-electron chi connectivity index (χ3n) is 12.1. The van der Waals surface area contributed by atoms with Crippen LogP contribution in [0.4, 0.5) is 0 Å². The van der Waals surface area contributed by atoms with E-state index in [4.69, 9.17) is 14.7 Å². The molecular weight excluding hydrogens is 760 g/mol. The molecule has 1 spiro atoms. The van der Waals surface area contributed by atoms with Crippen LogP contribution in [0.2, 0.25) is 0 Å². The molecule has 59 heavy (non-hydrogen) atoms. The van der Waals surface area contributed by atoms with Crippen LogP contribution in [0.5, 0.6) is 11.5 Å². The second-order valence-corrected chi connectivity index (χ2v) is 19.0. The minimum Gasteiger partial charge on any atom is -0.457 e. The summed E-state index contributed by atoms with van der Waals surface area (Å²) in [5.74, 6) is 2.27. The average Bonchev–Trinajstić information content (AvgIpc) is 3.83. The molecule has 4 nitrogen and oxygen atoms in total. The first-order valence-corrected chi connectivity index (χ1v) is 22.3. The number of rotatable bonds is 5. The van der Waals surface area contributed by atoms with Gasteiger partial charge in [0.05, 0.1) is 21.3 Å². The highest BCUT2D eigenvalue weighted by molar-refractivity contribution is 7.85. The summed E-state index contributed by atoms with van der Waals surface area (Å²) in [5, 5.41) is 3.45. The summed E-state index contributed by atoms with van der Waals surface area (Å²) >= 11 is 1.71. The number of ether oxygens (including phenoxy) is 1. The summed E-state index contributed by atoms with van der Waals surface area (Å²) in [6, 6.07) is 68.6. The second kappa shape index (κ2) is 13.1. The molecule has 0 fully saturated rings. The van der Waals surface area contributed by atoms with Crippen molar-refractivity contribution in [3.63, 3.8) is 0 Å². The molecular formula is C53H33N2O2PS. The lowest BCUT2D eigenvalue weighted by Crippen LogP contribution is -2.32. The third kappa shape index (κ3) is 4.93. The van der Waals surface area contributed by atoms with E-state index in [2.05, 4.69) is 115 Å². The number of fused-ring (bicyclic) bond motifs is 12. The lowest BCUT2D eigenvalue weighted by atomic mass is 9.66. The molecule has 2 aromatic heterocycles. The fourth-order valence-corrected chi connectivity index (χ4v) is 13.3. The number of hydrogen-bond donors (Lipinski definition) is 0. The van der Waals surface area contributed by atoms with Gasteiger partial charge in [0.25, 0.3) is 0 Å². The van der Waals surface area contributed by atoms with Crippen molar-refractivity contribution in [2.45, 2.75) is 5.41 Å². The lowest BCUT2D eigenvalue weighted by Gasteiger charge is -2.39. The Bertz CT molecular complexity index is 3250. The van der Waals surface area contributed by atoms with E-state index in [1.807, 2.05) is 84.9 Å². The summed E-state index contributed by atoms with van der Waals surface area (Å²) < 4.78 is 24.2. The van der Waals surface area contributed by atoms with Crippen LogP contribution in [0.15, 0.2) is 200 Å². The van der Waals surface area contributed by atoms with Crippen molar-refractivity contribution in [1.82, 2.24) is 9.97 Å². The van der Waals surface area contributed by atoms with Crippen LogP contribution >= 0.6 is 18.5 Å². The van der Waals surface area contributed by atoms with Gasteiger partial charge in [-0.1, -0.05) is 182 Å². The first kappa shape index (κ1) is 34.2. The van der Waals surface area contributed by atoms with Crippen molar-refractivity contribution in [3.05, 3.63) is 222 Å². The number of para-hydroxylation sites is 1. The van der Waals surface area contributed by atoms with Crippen LogP contribution < -0.4 is 20.7 Å². The Morgan fingerprint density at radius 2 is 1.02 bits per heavy atom. The van der Waals surface area contributed by atoms with Crippen molar-refractivity contribution < 1.29 is 9.30 Å². The van der Waals surface area contributed by atoms with Gasteiger partial charge in [0, 0.05) is 48.3 Å². The van der Waals surface area contributed by atoms with Gasteiger partial charge >= 0.3 is 0 Å². The van der Waals surface area contributed by atoms with Crippen LogP contribution in [-0.2, 0) is 9.98 Å². The average molecular weight is 793 g/mol. The molecule has 0 N–H and O–H groups in total. The zero-order valence-corrected chi connectivity index (χ0v) is 33.3. The predicted molar refractivity (Wildman–Crippen MR) is 243 cm³/mol. The number of nitrogens with zero attached hydrogens (tertiary/aromatic N) is 2. The van der Waals surface area contributed by atoms with Crippen molar-refractivity contribution >= 4 is 54.7 Å². The Labute approximate surface area is 345 Å². The minimum atomic E-state index is -3.15. The number of thiophene rings is 1.